The van der Waals surface area contributed by atoms with Gasteiger partial charge in [-0.25, -0.2) is 0 Å². The lowest BCUT2D eigenvalue weighted by molar-refractivity contribution is -0.122. The van der Waals surface area contributed by atoms with Crippen LogP contribution in [0, 0.1) is 0 Å². The summed E-state index contributed by atoms with van der Waals surface area (Å²) in [4.78, 5) is 37.1. The van der Waals surface area contributed by atoms with E-state index < -0.39 is 11.9 Å². The maximum Gasteiger partial charge on any atom is 0.254 e. The fraction of sp³-hybridized carbons (Fsp3) is 0.150. The molecule has 7 heteroatoms. The van der Waals surface area contributed by atoms with Gasteiger partial charge in [0.05, 0.1) is 17.7 Å². The summed E-state index contributed by atoms with van der Waals surface area (Å²) in [6.45, 7) is 0. The molecule has 7 nitrogen and oxygen atoms in total. The van der Waals surface area contributed by atoms with E-state index in [0.29, 0.717) is 16.9 Å². The molecule has 0 radical (unpaired) electrons. The van der Waals surface area contributed by atoms with Gasteiger partial charge < -0.3 is 20.5 Å². The Morgan fingerprint density at radius 1 is 1.15 bits per heavy atom. The maximum atomic E-state index is 12.4. The Morgan fingerprint density at radius 3 is 2.81 bits per heavy atom. The number of nitrogens with zero attached hydrogens (tertiary/aromatic N) is 1. The van der Waals surface area contributed by atoms with Gasteiger partial charge in [0.25, 0.3) is 5.91 Å². The lowest BCUT2D eigenvalue weighted by Gasteiger charge is -2.14. The molecule has 1 atom stereocenters. The molecular formula is C20H18N4O3. The van der Waals surface area contributed by atoms with Crippen molar-refractivity contribution in [2.24, 2.45) is 7.05 Å². The van der Waals surface area contributed by atoms with E-state index in [1.807, 2.05) is 42.1 Å². The van der Waals surface area contributed by atoms with Crippen LogP contribution < -0.4 is 16.0 Å². The number of amides is 3. The van der Waals surface area contributed by atoms with E-state index in [1.165, 1.54) is 0 Å². The molecule has 0 aliphatic carbocycles. The molecule has 3 N–H and O–H groups in total. The highest BCUT2D eigenvalue weighted by Gasteiger charge is 2.29. The van der Waals surface area contributed by atoms with E-state index in [4.69, 9.17) is 0 Å². The second-order valence-electron chi connectivity index (χ2n) is 6.51. The highest BCUT2D eigenvalue weighted by Crippen LogP contribution is 2.21. The van der Waals surface area contributed by atoms with Crippen molar-refractivity contribution < 1.29 is 14.4 Å². The SMILES string of the molecule is Cn1ccc2cc(NC(=O)C[C@H]3NC(=O)c4ccccc4NC3=O)ccc21. The topological polar surface area (TPSA) is 92.2 Å². The van der Waals surface area contributed by atoms with Crippen LogP contribution in [0.5, 0.6) is 0 Å². The van der Waals surface area contributed by atoms with Crippen molar-refractivity contribution in [1.29, 1.82) is 0 Å². The summed E-state index contributed by atoms with van der Waals surface area (Å²) in [7, 11) is 1.95. The third kappa shape index (κ3) is 3.27. The first-order valence-electron chi connectivity index (χ1n) is 8.57. The summed E-state index contributed by atoms with van der Waals surface area (Å²) in [5.41, 5.74) is 2.52. The lowest BCUT2D eigenvalue weighted by Crippen LogP contribution is -2.43. The first kappa shape index (κ1) is 16.8. The number of nitrogens with one attached hydrogen (secondary N) is 3. The minimum atomic E-state index is -0.939. The van der Waals surface area contributed by atoms with Crippen LogP contribution in [0.3, 0.4) is 0 Å². The second kappa shape index (κ2) is 6.60. The molecule has 1 aromatic heterocycles. The smallest absolute Gasteiger partial charge is 0.254 e. The maximum absolute atomic E-state index is 12.4. The lowest BCUT2D eigenvalue weighted by atomic mass is 10.1. The molecule has 0 unspecified atom stereocenters. The number of carbonyl (C=O) groups is 3. The van der Waals surface area contributed by atoms with E-state index in [0.717, 1.165) is 10.9 Å². The molecule has 0 bridgehead atoms. The second-order valence-corrected chi connectivity index (χ2v) is 6.51. The normalized spacial score (nSPS) is 16.3. The number of carbonyl (C=O) groups excluding carboxylic acids is 3. The Kier molecular flexibility index (Phi) is 4.12. The third-order valence-corrected chi connectivity index (χ3v) is 4.61. The highest BCUT2D eigenvalue weighted by molar-refractivity contribution is 6.11. The van der Waals surface area contributed by atoms with E-state index in [2.05, 4.69) is 16.0 Å². The van der Waals surface area contributed by atoms with E-state index >= 15 is 0 Å². The average Bonchev–Trinajstić information content (AvgIpc) is 2.96. The molecule has 0 saturated carbocycles. The Bertz CT molecular complexity index is 1070. The van der Waals surface area contributed by atoms with Crippen molar-refractivity contribution >= 4 is 40.0 Å². The molecule has 1 aliphatic heterocycles. The monoisotopic (exact) mass is 362 g/mol. The number of benzene rings is 2. The molecule has 1 aliphatic rings. The van der Waals surface area contributed by atoms with Gasteiger partial charge in [0.1, 0.15) is 6.04 Å². The molecule has 2 aromatic carbocycles. The van der Waals surface area contributed by atoms with Gasteiger partial charge in [-0.1, -0.05) is 12.1 Å². The van der Waals surface area contributed by atoms with Gasteiger partial charge in [-0.2, -0.15) is 0 Å². The van der Waals surface area contributed by atoms with Gasteiger partial charge in [-0.05, 0) is 36.4 Å². The van der Waals surface area contributed by atoms with Crippen LogP contribution in [0.25, 0.3) is 10.9 Å². The molecule has 0 spiro atoms. The van der Waals surface area contributed by atoms with Gasteiger partial charge in [0.15, 0.2) is 0 Å². The van der Waals surface area contributed by atoms with Crippen LogP contribution in [-0.4, -0.2) is 28.3 Å². The molecule has 3 amide bonds. The quantitative estimate of drug-likeness (QED) is 0.667. The average molecular weight is 362 g/mol. The van der Waals surface area contributed by atoms with E-state index in [-0.39, 0.29) is 18.2 Å². The number of anilines is 2. The number of aromatic nitrogens is 1. The summed E-state index contributed by atoms with van der Waals surface area (Å²) in [5, 5.41) is 9.11. The molecule has 0 fully saturated rings. The van der Waals surface area contributed by atoms with Crippen molar-refractivity contribution in [3.63, 3.8) is 0 Å². The minimum Gasteiger partial charge on any atom is -0.351 e. The number of aryl methyl sites for hydroxylation is 1. The molecule has 0 saturated heterocycles. The standard InChI is InChI=1S/C20H18N4O3/c1-24-9-8-12-10-13(6-7-17(12)24)21-18(25)11-16-20(27)22-15-5-3-2-4-14(15)19(26)23-16/h2-10,16H,11H2,1H3,(H,21,25)(H,22,27)(H,23,26)/t16-/m1/s1. The van der Waals surface area contributed by atoms with Crippen molar-refractivity contribution in [3.8, 4) is 0 Å². The third-order valence-electron chi connectivity index (χ3n) is 4.61. The van der Waals surface area contributed by atoms with Crippen LogP contribution in [0.15, 0.2) is 54.7 Å². The van der Waals surface area contributed by atoms with Gasteiger partial charge in [0, 0.05) is 29.8 Å². The van der Waals surface area contributed by atoms with Gasteiger partial charge in [-0.15, -0.1) is 0 Å². The van der Waals surface area contributed by atoms with Gasteiger partial charge in [0.2, 0.25) is 11.8 Å². The fourth-order valence-corrected chi connectivity index (χ4v) is 3.21. The van der Waals surface area contributed by atoms with E-state index in [9.17, 15) is 14.4 Å². The molecule has 2 heterocycles. The largest absolute Gasteiger partial charge is 0.351 e. The molecule has 4 rings (SSSR count). The van der Waals surface area contributed by atoms with Crippen LogP contribution in [0.4, 0.5) is 11.4 Å². The van der Waals surface area contributed by atoms with Crippen LogP contribution in [-0.2, 0) is 16.6 Å². The predicted molar refractivity (Wildman–Crippen MR) is 102 cm³/mol. The minimum absolute atomic E-state index is 0.154. The molecule has 136 valence electrons. The van der Waals surface area contributed by atoms with Gasteiger partial charge in [-0.3, -0.25) is 14.4 Å². The number of hydrogen-bond donors (Lipinski definition) is 3. The van der Waals surface area contributed by atoms with Gasteiger partial charge >= 0.3 is 0 Å². The summed E-state index contributed by atoms with van der Waals surface area (Å²) in [5.74, 6) is -1.15. The van der Waals surface area contributed by atoms with Crippen LogP contribution in [0.2, 0.25) is 0 Å². The van der Waals surface area contributed by atoms with Crippen molar-refractivity contribution in [3.05, 3.63) is 60.3 Å². The summed E-state index contributed by atoms with van der Waals surface area (Å²) in [6.07, 6.45) is 1.79. The number of rotatable bonds is 3. The Morgan fingerprint density at radius 2 is 1.96 bits per heavy atom. The highest BCUT2D eigenvalue weighted by atomic mass is 16.2. The van der Waals surface area contributed by atoms with Crippen molar-refractivity contribution in [2.45, 2.75) is 12.5 Å². The zero-order chi connectivity index (χ0) is 19.0. The van der Waals surface area contributed by atoms with E-state index in [1.54, 1.807) is 24.3 Å². The predicted octanol–water partition coefficient (Wildman–Crippen LogP) is 2.26. The zero-order valence-electron chi connectivity index (χ0n) is 14.7. The first-order valence-corrected chi connectivity index (χ1v) is 8.57. The zero-order valence-corrected chi connectivity index (χ0v) is 14.7. The van der Waals surface area contributed by atoms with Crippen LogP contribution in [0.1, 0.15) is 16.8 Å². The Hall–Kier alpha value is -3.61. The summed E-state index contributed by atoms with van der Waals surface area (Å²) < 4.78 is 1.99. The summed E-state index contributed by atoms with van der Waals surface area (Å²) >= 11 is 0. The molecule has 3 aromatic rings. The fourth-order valence-electron chi connectivity index (χ4n) is 3.21. The summed E-state index contributed by atoms with van der Waals surface area (Å²) in [6, 6.07) is 13.4. The van der Waals surface area contributed by atoms with Crippen molar-refractivity contribution in [1.82, 2.24) is 9.88 Å². The Labute approximate surface area is 155 Å². The number of fused-ring (bicyclic) bond motifs is 2. The van der Waals surface area contributed by atoms with Crippen LogP contribution >= 0.6 is 0 Å². The first-order chi connectivity index (χ1) is 13.0. The van der Waals surface area contributed by atoms with Crippen molar-refractivity contribution in [2.75, 3.05) is 10.6 Å². The number of para-hydroxylation sites is 1. The molecule has 27 heavy (non-hydrogen) atoms. The Balaban J connectivity index is 1.47. The molecular weight excluding hydrogens is 344 g/mol. The number of hydrogen-bond acceptors (Lipinski definition) is 3.